The zero-order valence-corrected chi connectivity index (χ0v) is 14.9. The van der Waals surface area contributed by atoms with Gasteiger partial charge in [0.2, 0.25) is 5.91 Å². The summed E-state index contributed by atoms with van der Waals surface area (Å²) in [5, 5.41) is 5.31. The molecule has 0 bridgehead atoms. The van der Waals surface area contributed by atoms with Gasteiger partial charge in [-0.2, -0.15) is 0 Å². The van der Waals surface area contributed by atoms with Crippen LogP contribution < -0.4 is 10.6 Å². The maximum absolute atomic E-state index is 13.3. The molecule has 1 atom stereocenters. The number of benzene rings is 3. The lowest BCUT2D eigenvalue weighted by atomic mass is 10.0. The number of nitrogens with one attached hydrogen (secondary N) is 2. The molecular weight excluding hydrogens is 362 g/mol. The van der Waals surface area contributed by atoms with E-state index in [1.807, 2.05) is 6.07 Å². The van der Waals surface area contributed by atoms with Crippen molar-refractivity contribution in [1.82, 2.24) is 5.32 Å². The van der Waals surface area contributed by atoms with Gasteiger partial charge in [-0.25, -0.2) is 8.78 Å². The van der Waals surface area contributed by atoms with E-state index in [0.717, 1.165) is 23.8 Å². The average molecular weight is 380 g/mol. The second-order valence-corrected chi connectivity index (χ2v) is 6.21. The van der Waals surface area contributed by atoms with E-state index in [4.69, 9.17) is 0 Å². The van der Waals surface area contributed by atoms with Crippen LogP contribution in [0.4, 0.5) is 14.5 Å². The van der Waals surface area contributed by atoms with Crippen molar-refractivity contribution in [2.45, 2.75) is 12.5 Å². The number of amides is 2. The highest BCUT2D eigenvalue weighted by atomic mass is 19.1. The van der Waals surface area contributed by atoms with Crippen LogP contribution >= 0.6 is 0 Å². The van der Waals surface area contributed by atoms with Crippen molar-refractivity contribution in [2.24, 2.45) is 0 Å². The van der Waals surface area contributed by atoms with Crippen LogP contribution in [-0.2, 0) is 4.79 Å². The third-order valence-corrected chi connectivity index (χ3v) is 4.08. The fraction of sp³-hybridized carbons (Fsp3) is 0.0909. The molecule has 0 radical (unpaired) electrons. The minimum atomic E-state index is -0.785. The van der Waals surface area contributed by atoms with Gasteiger partial charge < -0.3 is 10.6 Å². The maximum Gasteiger partial charge on any atom is 0.251 e. The van der Waals surface area contributed by atoms with Crippen molar-refractivity contribution in [3.63, 3.8) is 0 Å². The van der Waals surface area contributed by atoms with Crippen molar-refractivity contribution < 1.29 is 18.4 Å². The van der Waals surface area contributed by atoms with Gasteiger partial charge in [-0.1, -0.05) is 48.5 Å². The molecule has 0 fully saturated rings. The Morgan fingerprint density at radius 2 is 1.39 bits per heavy atom. The summed E-state index contributed by atoms with van der Waals surface area (Å²) in [5.41, 5.74) is 1.23. The van der Waals surface area contributed by atoms with Gasteiger partial charge in [-0.3, -0.25) is 9.59 Å². The molecule has 4 nitrogen and oxygen atoms in total. The molecule has 3 aromatic carbocycles. The predicted molar refractivity (Wildman–Crippen MR) is 103 cm³/mol. The van der Waals surface area contributed by atoms with Gasteiger partial charge in [0.25, 0.3) is 5.91 Å². The van der Waals surface area contributed by atoms with Gasteiger partial charge in [0.15, 0.2) is 0 Å². The van der Waals surface area contributed by atoms with Crippen LogP contribution in [0.3, 0.4) is 0 Å². The van der Waals surface area contributed by atoms with Crippen LogP contribution in [0, 0.1) is 11.6 Å². The van der Waals surface area contributed by atoms with Gasteiger partial charge in [0.05, 0.1) is 12.5 Å². The van der Waals surface area contributed by atoms with Gasteiger partial charge in [0, 0.05) is 17.3 Å². The van der Waals surface area contributed by atoms with E-state index in [-0.39, 0.29) is 18.0 Å². The van der Waals surface area contributed by atoms with Gasteiger partial charge in [-0.15, -0.1) is 0 Å². The molecule has 142 valence electrons. The molecule has 1 unspecified atom stereocenters. The normalized spacial score (nSPS) is 11.5. The highest BCUT2D eigenvalue weighted by Crippen LogP contribution is 2.20. The van der Waals surface area contributed by atoms with Crippen molar-refractivity contribution in [3.05, 3.63) is 102 Å². The molecule has 0 aliphatic heterocycles. The van der Waals surface area contributed by atoms with Crippen molar-refractivity contribution >= 4 is 17.5 Å². The zero-order valence-electron chi connectivity index (χ0n) is 14.9. The van der Waals surface area contributed by atoms with E-state index in [0.29, 0.717) is 5.56 Å². The van der Waals surface area contributed by atoms with Crippen molar-refractivity contribution in [3.8, 4) is 0 Å². The smallest absolute Gasteiger partial charge is 0.251 e. The molecule has 0 aromatic heterocycles. The lowest BCUT2D eigenvalue weighted by Crippen LogP contribution is -2.31. The fourth-order valence-electron chi connectivity index (χ4n) is 2.79. The van der Waals surface area contributed by atoms with Crippen LogP contribution in [0.5, 0.6) is 0 Å². The number of anilines is 1. The molecule has 3 aromatic rings. The molecule has 6 heteroatoms. The Bertz CT molecular complexity index is 943. The highest BCUT2D eigenvalue weighted by molar-refractivity contribution is 5.95. The zero-order chi connectivity index (χ0) is 19.9. The number of halogens is 2. The molecule has 28 heavy (non-hydrogen) atoms. The Balaban J connectivity index is 1.75. The molecule has 0 aliphatic carbocycles. The largest absolute Gasteiger partial charge is 0.345 e. The summed E-state index contributed by atoms with van der Waals surface area (Å²) in [5.74, 6) is -2.37. The van der Waals surface area contributed by atoms with Crippen LogP contribution in [0.2, 0.25) is 0 Å². The summed E-state index contributed by atoms with van der Waals surface area (Å²) < 4.78 is 26.6. The standard InChI is InChI=1S/C22H18F2N2O2/c23-17-11-18(24)13-19(12-17)25-21(27)14-20(15-7-3-1-4-8-15)26-22(28)16-9-5-2-6-10-16/h1-13,20H,14H2,(H,25,27)(H,26,28). The molecule has 0 saturated heterocycles. The van der Waals surface area contributed by atoms with Gasteiger partial charge in [0.1, 0.15) is 11.6 Å². The molecule has 2 amide bonds. The quantitative estimate of drug-likeness (QED) is 0.663. The number of rotatable bonds is 6. The minimum Gasteiger partial charge on any atom is -0.345 e. The Kier molecular flexibility index (Phi) is 6.11. The first-order valence-corrected chi connectivity index (χ1v) is 8.68. The topological polar surface area (TPSA) is 58.2 Å². The SMILES string of the molecule is O=C(CC(NC(=O)c1ccccc1)c1ccccc1)Nc1cc(F)cc(F)c1. The molecular formula is C22H18F2N2O2. The van der Waals surface area contributed by atoms with E-state index in [1.165, 1.54) is 0 Å². The van der Waals surface area contributed by atoms with Crippen LogP contribution in [0.1, 0.15) is 28.4 Å². The van der Waals surface area contributed by atoms with Crippen LogP contribution in [-0.4, -0.2) is 11.8 Å². The van der Waals surface area contributed by atoms with E-state index >= 15 is 0 Å². The summed E-state index contributed by atoms with van der Waals surface area (Å²) in [4.78, 5) is 24.9. The Hall–Kier alpha value is -3.54. The molecule has 2 N–H and O–H groups in total. The monoisotopic (exact) mass is 380 g/mol. The second kappa shape index (κ2) is 8.90. The van der Waals surface area contributed by atoms with Gasteiger partial charge >= 0.3 is 0 Å². The highest BCUT2D eigenvalue weighted by Gasteiger charge is 2.19. The summed E-state index contributed by atoms with van der Waals surface area (Å²) in [7, 11) is 0. The molecule has 0 saturated carbocycles. The maximum atomic E-state index is 13.3. The van der Waals surface area contributed by atoms with Crippen LogP contribution in [0.25, 0.3) is 0 Å². The number of carbonyl (C=O) groups is 2. The van der Waals surface area contributed by atoms with E-state index < -0.39 is 23.6 Å². The lowest BCUT2D eigenvalue weighted by Gasteiger charge is -2.19. The van der Waals surface area contributed by atoms with Gasteiger partial charge in [-0.05, 0) is 29.8 Å². The summed E-state index contributed by atoms with van der Waals surface area (Å²) >= 11 is 0. The Morgan fingerprint density at radius 1 is 0.821 bits per heavy atom. The lowest BCUT2D eigenvalue weighted by molar-refractivity contribution is -0.116. The van der Waals surface area contributed by atoms with Crippen molar-refractivity contribution in [1.29, 1.82) is 0 Å². The second-order valence-electron chi connectivity index (χ2n) is 6.21. The van der Waals surface area contributed by atoms with Crippen LogP contribution in [0.15, 0.2) is 78.9 Å². The van der Waals surface area contributed by atoms with E-state index in [2.05, 4.69) is 10.6 Å². The first kappa shape index (κ1) is 19.2. The number of hydrogen-bond donors (Lipinski definition) is 2. The minimum absolute atomic E-state index is 0.0173. The Morgan fingerprint density at radius 3 is 2.00 bits per heavy atom. The summed E-state index contributed by atoms with van der Waals surface area (Å²) in [6.07, 6.45) is -0.0965. The average Bonchev–Trinajstić information content (AvgIpc) is 2.68. The number of hydrogen-bond acceptors (Lipinski definition) is 2. The van der Waals surface area contributed by atoms with E-state index in [1.54, 1.807) is 54.6 Å². The third kappa shape index (κ3) is 5.23. The molecule has 0 spiro atoms. The van der Waals surface area contributed by atoms with Crippen molar-refractivity contribution in [2.75, 3.05) is 5.32 Å². The first-order valence-electron chi connectivity index (χ1n) is 8.68. The molecule has 0 aliphatic rings. The Labute approximate surface area is 161 Å². The first-order chi connectivity index (χ1) is 13.5. The molecule has 0 heterocycles. The number of carbonyl (C=O) groups excluding carboxylic acids is 2. The summed E-state index contributed by atoms with van der Waals surface area (Å²) in [6, 6.07) is 19.8. The fourth-order valence-corrected chi connectivity index (χ4v) is 2.79. The summed E-state index contributed by atoms with van der Waals surface area (Å²) in [6.45, 7) is 0. The predicted octanol–water partition coefficient (Wildman–Crippen LogP) is 4.46. The van der Waals surface area contributed by atoms with E-state index in [9.17, 15) is 18.4 Å². The molecule has 3 rings (SSSR count). The third-order valence-electron chi connectivity index (χ3n) is 4.08.